The Bertz CT molecular complexity index is 1520. The number of nitrogens with one attached hydrogen (secondary N) is 3. The number of carboxylic acids is 1. The van der Waals surface area contributed by atoms with Crippen molar-refractivity contribution in [3.63, 3.8) is 0 Å². The number of para-hydroxylation sites is 1. The molecule has 0 saturated heterocycles. The van der Waals surface area contributed by atoms with Gasteiger partial charge < -0.3 is 25.1 Å². The number of fused-ring (bicyclic) bond motifs is 1. The number of methoxy groups -OCH3 is 1. The van der Waals surface area contributed by atoms with Crippen LogP contribution in [0.2, 0.25) is 0 Å². The average molecular weight is 615 g/mol. The Morgan fingerprint density at radius 2 is 1.75 bits per heavy atom. The van der Waals surface area contributed by atoms with Crippen LogP contribution in [0.25, 0.3) is 22.2 Å². The number of carboxylic acid groups (broad SMARTS) is 1. The SMILES string of the molecule is CCC(=O)CCCCC[C@H](NC(=O)CCc1c[nH]c2c(OC)cccc12)c1ncc(-c2ccccc2)[nH]1.O=C(O)C(F)(F)F. The van der Waals surface area contributed by atoms with Gasteiger partial charge in [-0.1, -0.05) is 62.2 Å². The van der Waals surface area contributed by atoms with Gasteiger partial charge in [-0.2, -0.15) is 13.2 Å². The third-order valence-corrected chi connectivity index (χ3v) is 7.04. The van der Waals surface area contributed by atoms with Gasteiger partial charge in [0.2, 0.25) is 5.91 Å². The monoisotopic (exact) mass is 614 g/mol. The summed E-state index contributed by atoms with van der Waals surface area (Å²) >= 11 is 0. The zero-order valence-electron chi connectivity index (χ0n) is 24.7. The number of aryl methyl sites for hydroxylation is 1. The van der Waals surface area contributed by atoms with Crippen LogP contribution in [0.5, 0.6) is 5.75 Å². The number of ketones is 1. The summed E-state index contributed by atoms with van der Waals surface area (Å²) in [5.41, 5.74) is 4.02. The van der Waals surface area contributed by atoms with E-state index < -0.39 is 12.1 Å². The van der Waals surface area contributed by atoms with Crippen molar-refractivity contribution in [2.45, 2.75) is 70.5 Å². The first-order valence-electron chi connectivity index (χ1n) is 14.4. The highest BCUT2D eigenvalue weighted by atomic mass is 19.4. The van der Waals surface area contributed by atoms with Crippen molar-refractivity contribution in [3.8, 4) is 17.0 Å². The molecule has 2 heterocycles. The van der Waals surface area contributed by atoms with Crippen LogP contribution in [0, 0.1) is 0 Å². The summed E-state index contributed by atoms with van der Waals surface area (Å²) in [6.07, 6.45) is 4.40. The number of unbranched alkanes of at least 4 members (excludes halogenated alkanes) is 2. The number of aliphatic carboxylic acids is 1. The molecule has 0 unspecified atom stereocenters. The van der Waals surface area contributed by atoms with E-state index in [1.807, 2.05) is 67.8 Å². The molecule has 0 radical (unpaired) electrons. The van der Waals surface area contributed by atoms with E-state index in [4.69, 9.17) is 14.6 Å². The summed E-state index contributed by atoms with van der Waals surface area (Å²) in [7, 11) is 1.66. The lowest BCUT2D eigenvalue weighted by atomic mass is 10.0. The first-order valence-corrected chi connectivity index (χ1v) is 14.4. The summed E-state index contributed by atoms with van der Waals surface area (Å²) in [4.78, 5) is 44.9. The predicted octanol–water partition coefficient (Wildman–Crippen LogP) is 6.92. The van der Waals surface area contributed by atoms with Crippen LogP contribution >= 0.6 is 0 Å². The Morgan fingerprint density at radius 1 is 1.02 bits per heavy atom. The Kier molecular flexibility index (Phi) is 12.5. The van der Waals surface area contributed by atoms with Crippen LogP contribution < -0.4 is 10.1 Å². The van der Waals surface area contributed by atoms with Gasteiger partial charge in [0.1, 0.15) is 17.4 Å². The predicted molar refractivity (Wildman–Crippen MR) is 160 cm³/mol. The van der Waals surface area contributed by atoms with E-state index in [1.165, 1.54) is 0 Å². The molecule has 2 aromatic heterocycles. The van der Waals surface area contributed by atoms with Crippen molar-refractivity contribution in [3.05, 3.63) is 72.3 Å². The molecular formula is C32H37F3N4O5. The van der Waals surface area contributed by atoms with E-state index in [0.29, 0.717) is 31.5 Å². The standard InChI is InChI=1S/C30H36N4O3.C2HF3O2/c1-3-23(35)13-8-5-9-15-25(30-32-20-26(34-30)21-11-6-4-7-12-21)33-28(36)18-17-22-19-31-29-24(22)14-10-16-27(29)37-2;3-2(4,5)1(6)7/h4,6-7,10-12,14,16,19-20,25,31H,3,5,8-9,13,15,17-18H2,1-2H3,(H,32,34)(H,33,36);(H,6,7)/t25-;/m0./s1. The number of H-pyrrole nitrogens is 2. The van der Waals surface area contributed by atoms with Gasteiger partial charge in [0.25, 0.3) is 0 Å². The minimum absolute atomic E-state index is 0.0129. The Balaban J connectivity index is 0.000000676. The molecule has 0 aliphatic heterocycles. The molecule has 0 aliphatic rings. The lowest BCUT2D eigenvalue weighted by molar-refractivity contribution is -0.192. The van der Waals surface area contributed by atoms with Gasteiger partial charge in [0.15, 0.2) is 0 Å². The van der Waals surface area contributed by atoms with Crippen LogP contribution in [-0.4, -0.2) is 51.0 Å². The number of aromatic nitrogens is 3. The van der Waals surface area contributed by atoms with E-state index in [0.717, 1.165) is 65.0 Å². The molecule has 1 amide bonds. The third kappa shape index (κ3) is 9.99. The lowest BCUT2D eigenvalue weighted by Gasteiger charge is -2.17. The average Bonchev–Trinajstić information content (AvgIpc) is 3.67. The van der Waals surface area contributed by atoms with E-state index in [9.17, 15) is 22.8 Å². The van der Waals surface area contributed by atoms with E-state index in [1.54, 1.807) is 7.11 Å². The first-order chi connectivity index (χ1) is 21.0. The number of hydrogen-bond donors (Lipinski definition) is 4. The number of amides is 1. The van der Waals surface area contributed by atoms with Crippen molar-refractivity contribution in [1.82, 2.24) is 20.3 Å². The van der Waals surface area contributed by atoms with Crippen molar-refractivity contribution in [2.75, 3.05) is 7.11 Å². The van der Waals surface area contributed by atoms with E-state index in [2.05, 4.69) is 20.3 Å². The number of alkyl halides is 3. The molecule has 1 atom stereocenters. The van der Waals surface area contributed by atoms with E-state index >= 15 is 0 Å². The molecule has 0 saturated carbocycles. The number of carbonyl (C=O) groups is 3. The number of aromatic amines is 2. The van der Waals surface area contributed by atoms with Gasteiger partial charge in [0.05, 0.1) is 30.6 Å². The number of hydrogen-bond acceptors (Lipinski definition) is 5. The van der Waals surface area contributed by atoms with Crippen LogP contribution in [0.15, 0.2) is 60.9 Å². The molecule has 44 heavy (non-hydrogen) atoms. The van der Waals surface area contributed by atoms with Gasteiger partial charge in [-0.15, -0.1) is 0 Å². The van der Waals surface area contributed by atoms with Gasteiger partial charge in [-0.3, -0.25) is 9.59 Å². The molecule has 236 valence electrons. The number of nitrogens with zero attached hydrogens (tertiary/aromatic N) is 1. The molecular weight excluding hydrogens is 577 g/mol. The van der Waals surface area contributed by atoms with Crippen LogP contribution in [-0.2, 0) is 20.8 Å². The molecule has 0 spiro atoms. The Morgan fingerprint density at radius 3 is 2.41 bits per heavy atom. The zero-order chi connectivity index (χ0) is 32.1. The molecule has 12 heteroatoms. The molecule has 2 aromatic carbocycles. The number of carbonyl (C=O) groups excluding carboxylic acids is 2. The number of benzene rings is 2. The minimum atomic E-state index is -5.08. The van der Waals surface area contributed by atoms with Crippen molar-refractivity contribution >= 4 is 28.6 Å². The largest absolute Gasteiger partial charge is 0.495 e. The number of halogens is 3. The number of Topliss-reactive ketones (excluding diaryl/α,β-unsaturated/α-hetero) is 1. The molecule has 0 aliphatic carbocycles. The summed E-state index contributed by atoms with van der Waals surface area (Å²) in [6, 6.07) is 15.8. The lowest BCUT2D eigenvalue weighted by Crippen LogP contribution is -2.29. The van der Waals surface area contributed by atoms with Crippen LogP contribution in [0.1, 0.15) is 69.3 Å². The number of ether oxygens (including phenoxy) is 1. The molecule has 0 fully saturated rings. The maximum Gasteiger partial charge on any atom is 0.490 e. The normalized spacial score (nSPS) is 11.8. The van der Waals surface area contributed by atoms with Crippen LogP contribution in [0.4, 0.5) is 13.2 Å². The smallest absolute Gasteiger partial charge is 0.490 e. The maximum atomic E-state index is 13.0. The highest BCUT2D eigenvalue weighted by molar-refractivity contribution is 5.89. The number of rotatable bonds is 14. The topological polar surface area (TPSA) is 137 Å². The summed E-state index contributed by atoms with van der Waals surface area (Å²) in [5, 5.41) is 11.4. The van der Waals surface area contributed by atoms with E-state index in [-0.39, 0.29) is 11.9 Å². The second kappa shape index (κ2) is 16.3. The fraction of sp³-hybridized carbons (Fsp3) is 0.375. The summed E-state index contributed by atoms with van der Waals surface area (Å²) < 4.78 is 37.2. The van der Waals surface area contributed by atoms with Gasteiger partial charge in [-0.25, -0.2) is 9.78 Å². The second-order valence-electron chi connectivity index (χ2n) is 10.2. The molecule has 9 nitrogen and oxygen atoms in total. The molecule has 4 aromatic rings. The Labute approximate surface area is 253 Å². The van der Waals surface area contributed by atoms with Gasteiger partial charge >= 0.3 is 12.1 Å². The minimum Gasteiger partial charge on any atom is -0.495 e. The quantitative estimate of drug-likeness (QED) is 0.114. The van der Waals surface area contributed by atoms with Gasteiger partial charge in [-0.05, 0) is 36.5 Å². The first kappa shape index (κ1) is 33.9. The fourth-order valence-corrected chi connectivity index (χ4v) is 4.66. The highest BCUT2D eigenvalue weighted by Gasteiger charge is 2.38. The van der Waals surface area contributed by atoms with Crippen LogP contribution in [0.3, 0.4) is 0 Å². The maximum absolute atomic E-state index is 13.0. The van der Waals surface area contributed by atoms with Crippen molar-refractivity contribution < 1.29 is 37.4 Å². The fourth-order valence-electron chi connectivity index (χ4n) is 4.66. The van der Waals surface area contributed by atoms with Gasteiger partial charge in [0, 0.05) is 30.8 Å². The molecule has 4 rings (SSSR count). The highest BCUT2D eigenvalue weighted by Crippen LogP contribution is 2.28. The zero-order valence-corrected chi connectivity index (χ0v) is 24.7. The van der Waals surface area contributed by atoms with Crippen molar-refractivity contribution in [2.24, 2.45) is 0 Å². The van der Waals surface area contributed by atoms with Crippen molar-refractivity contribution in [1.29, 1.82) is 0 Å². The Hall–Kier alpha value is -4.61. The number of imidazole rings is 1. The summed E-state index contributed by atoms with van der Waals surface area (Å²) in [6.45, 7) is 1.90. The molecule has 0 bridgehead atoms. The third-order valence-electron chi connectivity index (χ3n) is 7.04. The second-order valence-corrected chi connectivity index (χ2v) is 10.2. The summed E-state index contributed by atoms with van der Waals surface area (Å²) in [5.74, 6) is -0.915. The molecule has 4 N–H and O–H groups in total.